The standard InChI is InChI=1S/C24H24FN3O4/c1-14-2-8-18(9-3-14)27-23(31)20-21(30)19-12-16(15-4-6-17(25)7-5-15)13-26-22(19)28(10-11-29)24(20)32/h4-7,11-14,18,30H,2-3,8-10H2,1H3,(H,27,31)/t14-,18+. The second kappa shape index (κ2) is 8.90. The summed E-state index contributed by atoms with van der Waals surface area (Å²) in [6.45, 7) is 1.86. The molecule has 166 valence electrons. The maximum Gasteiger partial charge on any atom is 0.269 e. The number of aldehydes is 1. The Kier molecular flexibility index (Phi) is 6.03. The zero-order valence-corrected chi connectivity index (χ0v) is 17.7. The van der Waals surface area contributed by atoms with Crippen LogP contribution in [0.25, 0.3) is 22.2 Å². The van der Waals surface area contributed by atoms with E-state index >= 15 is 0 Å². The summed E-state index contributed by atoms with van der Waals surface area (Å²) in [5.74, 6) is -0.940. The Labute approximate surface area is 183 Å². The quantitative estimate of drug-likeness (QED) is 0.596. The predicted molar refractivity (Wildman–Crippen MR) is 118 cm³/mol. The van der Waals surface area contributed by atoms with E-state index in [1.54, 1.807) is 18.2 Å². The van der Waals surface area contributed by atoms with Crippen molar-refractivity contribution in [1.82, 2.24) is 14.9 Å². The molecule has 1 amide bonds. The van der Waals surface area contributed by atoms with E-state index in [1.165, 1.54) is 18.3 Å². The molecule has 1 fully saturated rings. The molecule has 0 bridgehead atoms. The third-order valence-corrected chi connectivity index (χ3v) is 6.09. The highest BCUT2D eigenvalue weighted by molar-refractivity contribution is 6.02. The predicted octanol–water partition coefficient (Wildman–Crippen LogP) is 3.42. The molecule has 0 unspecified atom stereocenters. The van der Waals surface area contributed by atoms with Crippen molar-refractivity contribution in [3.05, 3.63) is 58.3 Å². The lowest BCUT2D eigenvalue weighted by molar-refractivity contribution is -0.108. The summed E-state index contributed by atoms with van der Waals surface area (Å²) in [5.41, 5.74) is 0.128. The molecule has 4 rings (SSSR count). The normalized spacial score (nSPS) is 18.4. The van der Waals surface area contributed by atoms with E-state index in [0.29, 0.717) is 23.3 Å². The highest BCUT2D eigenvalue weighted by atomic mass is 19.1. The minimum atomic E-state index is -0.772. The van der Waals surface area contributed by atoms with E-state index in [1.807, 2.05) is 0 Å². The first-order valence-corrected chi connectivity index (χ1v) is 10.6. The first-order valence-electron chi connectivity index (χ1n) is 10.6. The van der Waals surface area contributed by atoms with Crippen LogP contribution in [0.5, 0.6) is 5.75 Å². The van der Waals surface area contributed by atoms with Gasteiger partial charge in [-0.3, -0.25) is 14.2 Å². The van der Waals surface area contributed by atoms with Crippen LogP contribution in [0.15, 0.2) is 41.3 Å². The van der Waals surface area contributed by atoms with Crippen LogP contribution < -0.4 is 10.9 Å². The van der Waals surface area contributed by atoms with Gasteiger partial charge in [0.15, 0.2) is 0 Å². The molecule has 0 atom stereocenters. The molecule has 0 spiro atoms. The summed E-state index contributed by atoms with van der Waals surface area (Å²) in [4.78, 5) is 41.5. The highest BCUT2D eigenvalue weighted by Gasteiger charge is 2.26. The van der Waals surface area contributed by atoms with Gasteiger partial charge in [-0.2, -0.15) is 0 Å². The van der Waals surface area contributed by atoms with E-state index in [4.69, 9.17) is 0 Å². The molecule has 0 aliphatic heterocycles. The summed E-state index contributed by atoms with van der Waals surface area (Å²) in [6, 6.07) is 7.23. The zero-order valence-electron chi connectivity index (χ0n) is 17.7. The van der Waals surface area contributed by atoms with Gasteiger partial charge >= 0.3 is 0 Å². The Hall–Kier alpha value is -3.55. The number of halogens is 1. The molecule has 1 aliphatic carbocycles. The number of hydrogen-bond donors (Lipinski definition) is 2. The summed E-state index contributed by atoms with van der Waals surface area (Å²) in [7, 11) is 0. The van der Waals surface area contributed by atoms with Gasteiger partial charge in [-0.1, -0.05) is 19.1 Å². The number of aromatic hydroxyl groups is 1. The summed E-state index contributed by atoms with van der Waals surface area (Å²) >= 11 is 0. The Morgan fingerprint density at radius 2 is 1.91 bits per heavy atom. The summed E-state index contributed by atoms with van der Waals surface area (Å²) in [5, 5.41) is 13.9. The van der Waals surface area contributed by atoms with Crippen molar-refractivity contribution >= 4 is 23.2 Å². The fourth-order valence-electron chi connectivity index (χ4n) is 4.22. The number of nitrogens with one attached hydrogen (secondary N) is 1. The number of rotatable bonds is 5. The number of amides is 1. The lowest BCUT2D eigenvalue weighted by atomic mass is 9.87. The summed E-state index contributed by atoms with van der Waals surface area (Å²) in [6.07, 6.45) is 5.58. The molecule has 2 aromatic heterocycles. The molecular weight excluding hydrogens is 413 g/mol. The molecule has 8 heteroatoms. The molecule has 2 N–H and O–H groups in total. The Morgan fingerprint density at radius 1 is 1.22 bits per heavy atom. The van der Waals surface area contributed by atoms with Gasteiger partial charge in [-0.15, -0.1) is 0 Å². The Balaban J connectivity index is 1.80. The Bertz CT molecular complexity index is 1230. The maximum atomic E-state index is 13.3. The van der Waals surface area contributed by atoms with E-state index in [-0.39, 0.29) is 29.4 Å². The number of pyridine rings is 2. The molecule has 3 aromatic rings. The molecule has 1 aliphatic rings. The minimum Gasteiger partial charge on any atom is -0.506 e. The second-order valence-electron chi connectivity index (χ2n) is 8.34. The van der Waals surface area contributed by atoms with E-state index in [9.17, 15) is 23.9 Å². The van der Waals surface area contributed by atoms with Gasteiger partial charge in [-0.05, 0) is 55.4 Å². The zero-order chi connectivity index (χ0) is 22.8. The van der Waals surface area contributed by atoms with Crippen LogP contribution in [-0.2, 0) is 11.3 Å². The van der Waals surface area contributed by atoms with Crippen molar-refractivity contribution in [1.29, 1.82) is 0 Å². The average molecular weight is 437 g/mol. The van der Waals surface area contributed by atoms with Gasteiger partial charge in [-0.25, -0.2) is 9.37 Å². The molecule has 1 aromatic carbocycles. The van der Waals surface area contributed by atoms with Crippen molar-refractivity contribution in [3.63, 3.8) is 0 Å². The number of fused-ring (bicyclic) bond motifs is 1. The highest BCUT2D eigenvalue weighted by Crippen LogP contribution is 2.30. The first-order chi connectivity index (χ1) is 15.4. The molecule has 7 nitrogen and oxygen atoms in total. The maximum absolute atomic E-state index is 13.3. The number of aromatic nitrogens is 2. The summed E-state index contributed by atoms with van der Waals surface area (Å²) < 4.78 is 14.4. The minimum absolute atomic E-state index is 0.0728. The number of hydrogen-bond acceptors (Lipinski definition) is 5. The van der Waals surface area contributed by atoms with Crippen molar-refractivity contribution in [3.8, 4) is 16.9 Å². The van der Waals surface area contributed by atoms with Gasteiger partial charge in [0.25, 0.3) is 11.5 Å². The second-order valence-corrected chi connectivity index (χ2v) is 8.34. The van der Waals surface area contributed by atoms with Gasteiger partial charge in [0.05, 0.1) is 11.9 Å². The number of benzene rings is 1. The largest absolute Gasteiger partial charge is 0.506 e. The fourth-order valence-corrected chi connectivity index (χ4v) is 4.22. The van der Waals surface area contributed by atoms with Gasteiger partial charge in [0.2, 0.25) is 0 Å². The molecular formula is C24H24FN3O4. The van der Waals surface area contributed by atoms with Crippen molar-refractivity contribution < 1.29 is 19.1 Å². The Morgan fingerprint density at radius 3 is 2.56 bits per heavy atom. The van der Waals surface area contributed by atoms with Crippen LogP contribution in [0.3, 0.4) is 0 Å². The van der Waals surface area contributed by atoms with Crippen LogP contribution in [-0.4, -0.2) is 32.9 Å². The molecule has 2 heterocycles. The van der Waals surface area contributed by atoms with E-state index in [2.05, 4.69) is 17.2 Å². The van der Waals surface area contributed by atoms with Crippen molar-refractivity contribution in [2.45, 2.75) is 45.2 Å². The lowest BCUT2D eigenvalue weighted by Crippen LogP contribution is -2.41. The fraction of sp³-hybridized carbons (Fsp3) is 0.333. The third-order valence-electron chi connectivity index (χ3n) is 6.09. The molecule has 32 heavy (non-hydrogen) atoms. The lowest BCUT2D eigenvalue weighted by Gasteiger charge is -2.27. The van der Waals surface area contributed by atoms with E-state index < -0.39 is 22.8 Å². The van der Waals surface area contributed by atoms with Gasteiger partial charge < -0.3 is 15.2 Å². The number of carbonyl (C=O) groups is 2. The number of carbonyl (C=O) groups excluding carboxylic acids is 2. The SMILES string of the molecule is C[C@H]1CC[C@@H](NC(=O)c2c(O)c3cc(-c4ccc(F)cc4)cnc3n(CC=O)c2=O)CC1. The van der Waals surface area contributed by atoms with Crippen LogP contribution in [0.1, 0.15) is 43.0 Å². The van der Waals surface area contributed by atoms with Crippen LogP contribution in [0.2, 0.25) is 0 Å². The molecule has 0 saturated heterocycles. The van der Waals surface area contributed by atoms with Gasteiger partial charge in [0.1, 0.15) is 29.1 Å². The van der Waals surface area contributed by atoms with Crippen LogP contribution >= 0.6 is 0 Å². The van der Waals surface area contributed by atoms with Gasteiger partial charge in [0, 0.05) is 17.8 Å². The monoisotopic (exact) mass is 437 g/mol. The third kappa shape index (κ3) is 4.12. The topological polar surface area (TPSA) is 101 Å². The molecule has 1 saturated carbocycles. The van der Waals surface area contributed by atoms with Crippen molar-refractivity contribution in [2.24, 2.45) is 5.92 Å². The van der Waals surface area contributed by atoms with Crippen molar-refractivity contribution in [2.75, 3.05) is 0 Å². The smallest absolute Gasteiger partial charge is 0.269 e. The average Bonchev–Trinajstić information content (AvgIpc) is 2.78. The first kappa shape index (κ1) is 21.7. The van der Waals surface area contributed by atoms with E-state index in [0.717, 1.165) is 30.3 Å². The number of nitrogens with zero attached hydrogens (tertiary/aromatic N) is 2. The van der Waals surface area contributed by atoms with Crippen LogP contribution in [0.4, 0.5) is 4.39 Å². The molecule has 0 radical (unpaired) electrons. The van der Waals surface area contributed by atoms with Crippen LogP contribution in [0, 0.1) is 11.7 Å².